The van der Waals surface area contributed by atoms with Crippen LogP contribution in [0.2, 0.25) is 0 Å². The monoisotopic (exact) mass is 278 g/mol. The van der Waals surface area contributed by atoms with Crippen molar-refractivity contribution in [1.29, 1.82) is 0 Å². The zero-order chi connectivity index (χ0) is 15.0. The highest BCUT2D eigenvalue weighted by Gasteiger charge is 2.04. The number of hydrogen-bond acceptors (Lipinski definition) is 3. The Labute approximate surface area is 119 Å². The molecule has 0 unspecified atom stereocenters. The number of rotatable bonds is 6. The summed E-state index contributed by atoms with van der Waals surface area (Å²) < 4.78 is 5.12. The van der Waals surface area contributed by atoms with Crippen LogP contribution in [0.4, 0.5) is 5.69 Å². The molecule has 0 saturated carbocycles. The Morgan fingerprint density at radius 3 is 2.85 bits per heavy atom. The third-order valence-electron chi connectivity index (χ3n) is 2.56. The summed E-state index contributed by atoms with van der Waals surface area (Å²) in [4.78, 5) is 15.5. The first-order chi connectivity index (χ1) is 9.52. The summed E-state index contributed by atoms with van der Waals surface area (Å²) in [7, 11) is 1.61. The molecule has 0 aliphatic rings. The van der Waals surface area contributed by atoms with Crippen LogP contribution in [0, 0.1) is 5.92 Å². The maximum atomic E-state index is 11.3. The van der Waals surface area contributed by atoms with Crippen molar-refractivity contribution in [2.75, 3.05) is 25.5 Å². The minimum Gasteiger partial charge on any atom is -0.497 e. The SMILES string of the molecule is COc1cccc(NC(N)=NCCNC(=O)C(C)C)c1. The lowest BCUT2D eigenvalue weighted by Crippen LogP contribution is -2.31. The van der Waals surface area contributed by atoms with Gasteiger partial charge in [0, 0.05) is 24.2 Å². The molecule has 1 rings (SSSR count). The van der Waals surface area contributed by atoms with Crippen LogP contribution >= 0.6 is 0 Å². The smallest absolute Gasteiger partial charge is 0.222 e. The van der Waals surface area contributed by atoms with Crippen LogP contribution < -0.4 is 21.1 Å². The fourth-order valence-corrected chi connectivity index (χ4v) is 1.45. The number of nitrogens with zero attached hydrogens (tertiary/aromatic N) is 1. The van der Waals surface area contributed by atoms with E-state index in [0.717, 1.165) is 11.4 Å². The van der Waals surface area contributed by atoms with E-state index in [1.807, 2.05) is 38.1 Å². The first kappa shape index (κ1) is 15.8. The summed E-state index contributed by atoms with van der Waals surface area (Å²) in [5.74, 6) is 1.04. The predicted octanol–water partition coefficient (Wildman–Crippen LogP) is 1.19. The summed E-state index contributed by atoms with van der Waals surface area (Å²) in [6, 6.07) is 7.39. The Morgan fingerprint density at radius 1 is 1.45 bits per heavy atom. The zero-order valence-corrected chi connectivity index (χ0v) is 12.1. The molecule has 6 heteroatoms. The standard InChI is InChI=1S/C14H22N4O2/c1-10(2)13(19)16-7-8-17-14(15)18-11-5-4-6-12(9-11)20-3/h4-6,9-10H,7-8H2,1-3H3,(H,16,19)(H3,15,17,18). The third-order valence-corrected chi connectivity index (χ3v) is 2.56. The summed E-state index contributed by atoms with van der Waals surface area (Å²) in [6.07, 6.45) is 0. The van der Waals surface area contributed by atoms with Gasteiger partial charge in [0.25, 0.3) is 0 Å². The van der Waals surface area contributed by atoms with Crippen molar-refractivity contribution in [2.24, 2.45) is 16.6 Å². The second-order valence-electron chi connectivity index (χ2n) is 4.57. The van der Waals surface area contributed by atoms with Crippen LogP contribution in [-0.2, 0) is 4.79 Å². The maximum Gasteiger partial charge on any atom is 0.222 e. The average Bonchev–Trinajstić information content (AvgIpc) is 2.43. The molecule has 0 aliphatic carbocycles. The summed E-state index contributed by atoms with van der Waals surface area (Å²) in [5.41, 5.74) is 6.56. The predicted molar refractivity (Wildman–Crippen MR) is 81.0 cm³/mol. The van der Waals surface area contributed by atoms with E-state index in [1.54, 1.807) is 7.11 Å². The van der Waals surface area contributed by atoms with Crippen molar-refractivity contribution in [2.45, 2.75) is 13.8 Å². The molecule has 6 nitrogen and oxygen atoms in total. The van der Waals surface area contributed by atoms with Crippen LogP contribution in [-0.4, -0.2) is 32.1 Å². The summed E-state index contributed by atoms with van der Waals surface area (Å²) in [6.45, 7) is 4.59. The molecule has 0 bridgehead atoms. The van der Waals surface area contributed by atoms with Crippen LogP contribution in [0.3, 0.4) is 0 Å². The summed E-state index contributed by atoms with van der Waals surface area (Å²) in [5, 5.41) is 5.73. The number of ether oxygens (including phenoxy) is 1. The molecule has 110 valence electrons. The number of nitrogens with two attached hydrogens (primary N) is 1. The molecular weight excluding hydrogens is 256 g/mol. The number of benzene rings is 1. The van der Waals surface area contributed by atoms with Crippen molar-refractivity contribution < 1.29 is 9.53 Å². The minimum absolute atomic E-state index is 0.0135. The highest BCUT2D eigenvalue weighted by atomic mass is 16.5. The van der Waals surface area contributed by atoms with Gasteiger partial charge < -0.3 is 21.1 Å². The Bertz CT molecular complexity index is 472. The number of nitrogens with one attached hydrogen (secondary N) is 2. The summed E-state index contributed by atoms with van der Waals surface area (Å²) >= 11 is 0. The van der Waals surface area contributed by atoms with Gasteiger partial charge in [-0.25, -0.2) is 0 Å². The molecule has 0 aromatic heterocycles. The van der Waals surface area contributed by atoms with Crippen LogP contribution in [0.5, 0.6) is 5.75 Å². The highest BCUT2D eigenvalue weighted by molar-refractivity contribution is 5.92. The normalized spacial score (nSPS) is 11.3. The molecule has 0 aliphatic heterocycles. The average molecular weight is 278 g/mol. The van der Waals surface area contributed by atoms with E-state index < -0.39 is 0 Å². The largest absolute Gasteiger partial charge is 0.497 e. The number of hydrogen-bond donors (Lipinski definition) is 3. The van der Waals surface area contributed by atoms with E-state index >= 15 is 0 Å². The molecule has 0 spiro atoms. The molecule has 0 fully saturated rings. The molecule has 1 aromatic carbocycles. The fourth-order valence-electron chi connectivity index (χ4n) is 1.45. The maximum absolute atomic E-state index is 11.3. The highest BCUT2D eigenvalue weighted by Crippen LogP contribution is 2.16. The molecule has 0 atom stereocenters. The van der Waals surface area contributed by atoms with Crippen LogP contribution in [0.15, 0.2) is 29.3 Å². The Kier molecular flexibility index (Phi) is 6.36. The second kappa shape index (κ2) is 8.04. The van der Waals surface area contributed by atoms with Crippen LogP contribution in [0.1, 0.15) is 13.8 Å². The molecule has 1 amide bonds. The van der Waals surface area contributed by atoms with Gasteiger partial charge in [0.05, 0.1) is 13.7 Å². The Morgan fingerprint density at radius 2 is 2.20 bits per heavy atom. The lowest BCUT2D eigenvalue weighted by Gasteiger charge is -2.08. The first-order valence-corrected chi connectivity index (χ1v) is 6.51. The number of amides is 1. The van der Waals surface area contributed by atoms with Gasteiger partial charge >= 0.3 is 0 Å². The van der Waals surface area contributed by atoms with Gasteiger partial charge in [0.2, 0.25) is 5.91 Å². The quantitative estimate of drug-likeness (QED) is 0.414. The lowest BCUT2D eigenvalue weighted by molar-refractivity contribution is -0.123. The van der Waals surface area contributed by atoms with Crippen molar-refractivity contribution in [3.63, 3.8) is 0 Å². The molecule has 1 aromatic rings. The van der Waals surface area contributed by atoms with E-state index in [0.29, 0.717) is 19.0 Å². The van der Waals surface area contributed by atoms with Gasteiger partial charge in [-0.05, 0) is 12.1 Å². The number of carbonyl (C=O) groups is 1. The fraction of sp³-hybridized carbons (Fsp3) is 0.429. The lowest BCUT2D eigenvalue weighted by atomic mass is 10.2. The van der Waals surface area contributed by atoms with Crippen molar-refractivity contribution >= 4 is 17.6 Å². The second-order valence-corrected chi connectivity index (χ2v) is 4.57. The van der Waals surface area contributed by atoms with Gasteiger partial charge in [-0.15, -0.1) is 0 Å². The molecule has 20 heavy (non-hydrogen) atoms. The van der Waals surface area contributed by atoms with E-state index in [9.17, 15) is 4.79 Å². The Hall–Kier alpha value is -2.24. The minimum atomic E-state index is -0.0220. The van der Waals surface area contributed by atoms with Crippen LogP contribution in [0.25, 0.3) is 0 Å². The van der Waals surface area contributed by atoms with E-state index in [1.165, 1.54) is 0 Å². The van der Waals surface area contributed by atoms with Gasteiger partial charge in [0.15, 0.2) is 5.96 Å². The molecule has 0 heterocycles. The molecule has 4 N–H and O–H groups in total. The molecule has 0 radical (unpaired) electrons. The topological polar surface area (TPSA) is 88.7 Å². The number of aliphatic imine (C=N–C) groups is 1. The number of guanidine groups is 1. The van der Waals surface area contributed by atoms with Crippen molar-refractivity contribution in [3.8, 4) is 5.75 Å². The third kappa shape index (κ3) is 5.60. The Balaban J connectivity index is 2.39. The number of methoxy groups -OCH3 is 1. The molecular formula is C14H22N4O2. The van der Waals surface area contributed by atoms with Gasteiger partial charge in [-0.2, -0.15) is 0 Å². The number of carbonyl (C=O) groups excluding carboxylic acids is 1. The van der Waals surface area contributed by atoms with E-state index in [4.69, 9.17) is 10.5 Å². The van der Waals surface area contributed by atoms with Gasteiger partial charge in [0.1, 0.15) is 5.75 Å². The zero-order valence-electron chi connectivity index (χ0n) is 12.1. The van der Waals surface area contributed by atoms with E-state index in [2.05, 4.69) is 15.6 Å². The van der Waals surface area contributed by atoms with Crippen molar-refractivity contribution in [3.05, 3.63) is 24.3 Å². The van der Waals surface area contributed by atoms with Gasteiger partial charge in [-0.3, -0.25) is 9.79 Å². The van der Waals surface area contributed by atoms with E-state index in [-0.39, 0.29) is 11.8 Å². The number of anilines is 1. The first-order valence-electron chi connectivity index (χ1n) is 6.51. The van der Waals surface area contributed by atoms with Crippen molar-refractivity contribution in [1.82, 2.24) is 5.32 Å². The molecule has 0 saturated heterocycles. The van der Waals surface area contributed by atoms with Gasteiger partial charge in [-0.1, -0.05) is 19.9 Å².